The number of benzene rings is 1. The molecule has 4 amide bonds. The van der Waals surface area contributed by atoms with Crippen molar-refractivity contribution < 1.29 is 19.2 Å². The third kappa shape index (κ3) is 8.88. The summed E-state index contributed by atoms with van der Waals surface area (Å²) in [6.45, 7) is 6.72. The van der Waals surface area contributed by atoms with E-state index in [1.165, 1.54) is 11.9 Å². The van der Waals surface area contributed by atoms with Gasteiger partial charge in [0.1, 0.15) is 12.1 Å². The Morgan fingerprint density at radius 1 is 0.949 bits per heavy atom. The molecule has 2 heterocycles. The van der Waals surface area contributed by atoms with Gasteiger partial charge in [-0.25, -0.2) is 0 Å². The molecule has 10 heteroatoms. The Hall–Kier alpha value is -3.79. The smallest absolute Gasteiger partial charge is 0.245 e. The van der Waals surface area contributed by atoms with Crippen molar-refractivity contribution in [1.29, 1.82) is 0 Å². The zero-order valence-electron chi connectivity index (χ0n) is 23.2. The van der Waals surface area contributed by atoms with Crippen molar-refractivity contribution in [2.45, 2.75) is 58.3 Å². The third-order valence-electron chi connectivity index (χ3n) is 6.91. The molecule has 3 N–H and O–H groups in total. The van der Waals surface area contributed by atoms with Gasteiger partial charge >= 0.3 is 0 Å². The molecule has 39 heavy (non-hydrogen) atoms. The molecule has 3 rings (SSSR count). The topological polar surface area (TPSA) is 124 Å². The molecule has 0 bridgehead atoms. The molecule has 0 unspecified atom stereocenters. The predicted molar refractivity (Wildman–Crippen MR) is 148 cm³/mol. The highest BCUT2D eigenvalue weighted by molar-refractivity contribution is 5.93. The van der Waals surface area contributed by atoms with Gasteiger partial charge in [0.15, 0.2) is 0 Å². The van der Waals surface area contributed by atoms with E-state index in [4.69, 9.17) is 0 Å². The number of hydrogen-bond donors (Lipinski definition) is 3. The lowest BCUT2D eigenvalue weighted by molar-refractivity contribution is -0.140. The van der Waals surface area contributed by atoms with Gasteiger partial charge in [-0.3, -0.25) is 29.1 Å². The summed E-state index contributed by atoms with van der Waals surface area (Å²) in [5, 5.41) is 8.66. The molecular weight excluding hydrogens is 496 g/mol. The van der Waals surface area contributed by atoms with E-state index in [0.717, 1.165) is 11.1 Å². The van der Waals surface area contributed by atoms with Crippen molar-refractivity contribution in [2.24, 2.45) is 5.92 Å². The monoisotopic (exact) mass is 536 g/mol. The van der Waals surface area contributed by atoms with Gasteiger partial charge in [0.2, 0.25) is 23.6 Å². The third-order valence-corrected chi connectivity index (χ3v) is 6.91. The minimum Gasteiger partial charge on any atom is -0.354 e. The van der Waals surface area contributed by atoms with Crippen LogP contribution in [-0.2, 0) is 32.1 Å². The second-order valence-electron chi connectivity index (χ2n) is 10.4. The molecule has 0 spiro atoms. The molecular formula is C29H40N6O4. The maximum atomic E-state index is 13.3. The van der Waals surface area contributed by atoms with Crippen LogP contribution in [0.4, 0.5) is 0 Å². The average molecular weight is 537 g/mol. The van der Waals surface area contributed by atoms with Gasteiger partial charge in [0.05, 0.1) is 12.6 Å². The fourth-order valence-electron chi connectivity index (χ4n) is 4.53. The zero-order valence-corrected chi connectivity index (χ0v) is 23.2. The van der Waals surface area contributed by atoms with Gasteiger partial charge in [0.25, 0.3) is 0 Å². The van der Waals surface area contributed by atoms with Crippen LogP contribution >= 0.6 is 0 Å². The van der Waals surface area contributed by atoms with Gasteiger partial charge in [-0.1, -0.05) is 44.2 Å². The van der Waals surface area contributed by atoms with Crippen molar-refractivity contribution in [3.05, 3.63) is 66.0 Å². The molecule has 210 valence electrons. The Kier molecular flexibility index (Phi) is 11.0. The molecule has 10 nitrogen and oxygen atoms in total. The van der Waals surface area contributed by atoms with Gasteiger partial charge in [-0.15, -0.1) is 0 Å². The van der Waals surface area contributed by atoms with Crippen LogP contribution in [0.5, 0.6) is 0 Å². The van der Waals surface area contributed by atoms with Crippen LogP contribution in [0.2, 0.25) is 0 Å². The second-order valence-corrected chi connectivity index (χ2v) is 10.4. The maximum Gasteiger partial charge on any atom is 0.245 e. The standard InChI is InChI=1S/C29H40N6O4/c1-20(2)26-29(39)34(4)19-25(36)32-24(17-22-9-6-5-7-10-22)28(38)31-13-8-16-35(21(3)27(37)33-26)18-23-11-14-30-15-12-23/h5-7,9-12,14-15,20-21,24,26H,8,13,16-19H2,1-4H3,(H,31,38)(H,32,36)(H,33,37)/t21-,24+,26+/m1/s1. The van der Waals surface area contributed by atoms with Crippen molar-refractivity contribution in [2.75, 3.05) is 26.7 Å². The number of rotatable bonds is 5. The highest BCUT2D eigenvalue weighted by Gasteiger charge is 2.32. The van der Waals surface area contributed by atoms with Crippen molar-refractivity contribution in [3.8, 4) is 0 Å². The minimum atomic E-state index is -0.795. The molecule has 1 aromatic carbocycles. The van der Waals surface area contributed by atoms with E-state index in [1.54, 1.807) is 12.4 Å². The van der Waals surface area contributed by atoms with Crippen LogP contribution in [0.3, 0.4) is 0 Å². The van der Waals surface area contributed by atoms with Gasteiger partial charge in [-0.2, -0.15) is 0 Å². The normalized spacial score (nSPS) is 22.8. The van der Waals surface area contributed by atoms with Crippen molar-refractivity contribution in [3.63, 3.8) is 0 Å². The van der Waals surface area contributed by atoms with Crippen LogP contribution in [0, 0.1) is 5.92 Å². The maximum absolute atomic E-state index is 13.3. The van der Waals surface area contributed by atoms with E-state index in [0.29, 0.717) is 32.5 Å². The lowest BCUT2D eigenvalue weighted by Crippen LogP contribution is -2.57. The Balaban J connectivity index is 1.85. The lowest BCUT2D eigenvalue weighted by atomic mass is 10.0. The number of likely N-dealkylation sites (N-methyl/N-ethyl adjacent to an activating group) is 1. The number of carbonyl (C=O) groups excluding carboxylic acids is 4. The Morgan fingerprint density at radius 2 is 1.64 bits per heavy atom. The Morgan fingerprint density at radius 3 is 2.31 bits per heavy atom. The number of aromatic nitrogens is 1. The largest absolute Gasteiger partial charge is 0.354 e. The summed E-state index contributed by atoms with van der Waals surface area (Å²) in [5.74, 6) is -1.56. The SMILES string of the molecule is CC(C)[C@@H]1NC(=O)[C@@H](C)N(Cc2ccncc2)CCCNC(=O)[C@H](Cc2ccccc2)NC(=O)CN(C)C1=O. The number of nitrogens with one attached hydrogen (secondary N) is 3. The number of carbonyl (C=O) groups is 4. The molecule has 0 radical (unpaired) electrons. The summed E-state index contributed by atoms with van der Waals surface area (Å²) in [4.78, 5) is 60.1. The summed E-state index contributed by atoms with van der Waals surface area (Å²) >= 11 is 0. The van der Waals surface area contributed by atoms with Crippen LogP contribution in [0.15, 0.2) is 54.9 Å². The molecule has 1 aliphatic heterocycles. The predicted octanol–water partition coefficient (Wildman–Crippen LogP) is 1.12. The molecule has 0 aliphatic carbocycles. The molecule has 2 aromatic rings. The number of pyridine rings is 1. The first kappa shape index (κ1) is 29.8. The Bertz CT molecular complexity index is 1110. The van der Waals surface area contributed by atoms with E-state index in [1.807, 2.05) is 68.1 Å². The Labute approximate surface area is 230 Å². The number of hydrogen-bond acceptors (Lipinski definition) is 6. The summed E-state index contributed by atoms with van der Waals surface area (Å²) < 4.78 is 0. The van der Waals surface area contributed by atoms with E-state index in [-0.39, 0.29) is 30.2 Å². The summed E-state index contributed by atoms with van der Waals surface area (Å²) in [6, 6.07) is 11.2. The van der Waals surface area contributed by atoms with E-state index >= 15 is 0 Å². The molecule has 3 atom stereocenters. The van der Waals surface area contributed by atoms with Gasteiger partial charge < -0.3 is 20.9 Å². The second kappa shape index (κ2) is 14.4. The summed E-state index contributed by atoms with van der Waals surface area (Å²) in [7, 11) is 1.53. The van der Waals surface area contributed by atoms with Crippen LogP contribution in [-0.4, -0.2) is 83.2 Å². The van der Waals surface area contributed by atoms with Gasteiger partial charge in [-0.05, 0) is 42.5 Å². The highest BCUT2D eigenvalue weighted by Crippen LogP contribution is 2.12. The average Bonchev–Trinajstić information content (AvgIpc) is 2.92. The molecule has 1 saturated heterocycles. The van der Waals surface area contributed by atoms with Crippen LogP contribution < -0.4 is 16.0 Å². The first-order valence-electron chi connectivity index (χ1n) is 13.4. The molecule has 1 fully saturated rings. The fourth-order valence-corrected chi connectivity index (χ4v) is 4.53. The number of nitrogens with zero attached hydrogens (tertiary/aromatic N) is 3. The quantitative estimate of drug-likeness (QED) is 0.526. The fraction of sp³-hybridized carbons (Fsp3) is 0.483. The summed E-state index contributed by atoms with van der Waals surface area (Å²) in [5.41, 5.74) is 1.92. The lowest BCUT2D eigenvalue weighted by Gasteiger charge is -2.32. The van der Waals surface area contributed by atoms with Crippen LogP contribution in [0.1, 0.15) is 38.3 Å². The van der Waals surface area contributed by atoms with Gasteiger partial charge in [0, 0.05) is 45.5 Å². The van der Waals surface area contributed by atoms with Crippen LogP contribution in [0.25, 0.3) is 0 Å². The first-order valence-corrected chi connectivity index (χ1v) is 13.4. The first-order chi connectivity index (χ1) is 18.7. The van der Waals surface area contributed by atoms with E-state index in [9.17, 15) is 19.2 Å². The van der Waals surface area contributed by atoms with Crippen molar-refractivity contribution in [1.82, 2.24) is 30.7 Å². The summed E-state index contributed by atoms with van der Waals surface area (Å²) in [6.07, 6.45) is 4.34. The van der Waals surface area contributed by atoms with Crippen molar-refractivity contribution >= 4 is 23.6 Å². The van der Waals surface area contributed by atoms with E-state index in [2.05, 4.69) is 20.9 Å². The number of amides is 4. The molecule has 1 aliphatic rings. The highest BCUT2D eigenvalue weighted by atomic mass is 16.2. The zero-order chi connectivity index (χ0) is 28.4. The molecule has 0 saturated carbocycles. The minimum absolute atomic E-state index is 0.191. The molecule has 1 aromatic heterocycles. The van der Waals surface area contributed by atoms with E-state index < -0.39 is 24.0 Å².